The Hall–Kier alpha value is -1.61. The second-order valence-electron chi connectivity index (χ2n) is 10.5. The molecule has 0 aliphatic heterocycles. The summed E-state index contributed by atoms with van der Waals surface area (Å²) >= 11 is 0. The topological polar surface area (TPSA) is 46.5 Å². The van der Waals surface area contributed by atoms with Gasteiger partial charge in [-0.25, -0.2) is 4.79 Å². The van der Waals surface area contributed by atoms with Gasteiger partial charge in [0.15, 0.2) is 0 Å². The maximum Gasteiger partial charge on any atom is 0.338 e. The molecule has 4 aliphatic rings. The summed E-state index contributed by atoms with van der Waals surface area (Å²) in [6, 6.07) is 9.42. The van der Waals surface area contributed by atoms with E-state index in [1.165, 1.54) is 18.4 Å². The van der Waals surface area contributed by atoms with Crippen LogP contribution < -0.4 is 0 Å². The fourth-order valence-corrected chi connectivity index (χ4v) is 7.56. The summed E-state index contributed by atoms with van der Waals surface area (Å²) in [6.07, 6.45) is 11.0. The molecule has 3 nitrogen and oxygen atoms in total. The number of esters is 1. The molecule has 0 radical (unpaired) electrons. The average molecular weight is 395 g/mol. The van der Waals surface area contributed by atoms with E-state index in [9.17, 15) is 9.90 Å². The highest BCUT2D eigenvalue weighted by Gasteiger charge is 2.59. The van der Waals surface area contributed by atoms with Crippen LogP contribution in [0.25, 0.3) is 0 Å². The summed E-state index contributed by atoms with van der Waals surface area (Å²) in [7, 11) is 0. The third-order valence-electron chi connectivity index (χ3n) is 9.25. The van der Waals surface area contributed by atoms with Gasteiger partial charge in [0, 0.05) is 5.41 Å². The van der Waals surface area contributed by atoms with Crippen molar-refractivity contribution in [1.29, 1.82) is 0 Å². The lowest BCUT2D eigenvalue weighted by molar-refractivity contribution is -0.0778. The van der Waals surface area contributed by atoms with Crippen molar-refractivity contribution in [3.05, 3.63) is 47.5 Å². The van der Waals surface area contributed by atoms with Crippen LogP contribution in [0.2, 0.25) is 0 Å². The number of carbonyl (C=O) groups excluding carboxylic acids is 1. The zero-order chi connectivity index (χ0) is 20.2. The third kappa shape index (κ3) is 3.00. The SMILES string of the molecule is C[C@]12CC[C@@H]3[C@H](CC=C4C[C@H](O)CC[C@@]43C)[C@@H]1CC[C@H]2OC(=O)c1ccccc1. The number of hydrogen-bond acceptors (Lipinski definition) is 3. The molecule has 5 rings (SSSR count). The molecular formula is C26H34O3. The highest BCUT2D eigenvalue weighted by molar-refractivity contribution is 5.89. The molecule has 156 valence electrons. The van der Waals surface area contributed by atoms with Gasteiger partial charge in [0.1, 0.15) is 6.10 Å². The number of hydrogen-bond donors (Lipinski definition) is 1. The van der Waals surface area contributed by atoms with Crippen molar-refractivity contribution in [3.63, 3.8) is 0 Å². The maximum absolute atomic E-state index is 12.7. The van der Waals surface area contributed by atoms with E-state index in [1.54, 1.807) is 0 Å². The van der Waals surface area contributed by atoms with Gasteiger partial charge in [0.05, 0.1) is 11.7 Å². The first-order valence-corrected chi connectivity index (χ1v) is 11.6. The molecule has 3 heteroatoms. The van der Waals surface area contributed by atoms with Crippen LogP contribution in [0, 0.1) is 28.6 Å². The fraction of sp³-hybridized carbons (Fsp3) is 0.654. The predicted molar refractivity (Wildman–Crippen MR) is 113 cm³/mol. The van der Waals surface area contributed by atoms with Crippen molar-refractivity contribution >= 4 is 5.97 Å². The molecule has 0 bridgehead atoms. The van der Waals surface area contributed by atoms with E-state index in [-0.39, 0.29) is 29.0 Å². The van der Waals surface area contributed by atoms with Gasteiger partial charge in [0.25, 0.3) is 0 Å². The summed E-state index contributed by atoms with van der Waals surface area (Å²) in [4.78, 5) is 12.7. The number of aliphatic hydroxyl groups is 1. The first-order chi connectivity index (χ1) is 13.9. The van der Waals surface area contributed by atoms with Crippen LogP contribution in [0.4, 0.5) is 0 Å². The van der Waals surface area contributed by atoms with Gasteiger partial charge in [-0.15, -0.1) is 0 Å². The molecule has 0 aromatic heterocycles. The zero-order valence-corrected chi connectivity index (χ0v) is 17.8. The number of ether oxygens (including phenoxy) is 1. The number of rotatable bonds is 2. The summed E-state index contributed by atoms with van der Waals surface area (Å²) in [6.45, 7) is 4.85. The van der Waals surface area contributed by atoms with E-state index in [0.717, 1.165) is 44.4 Å². The van der Waals surface area contributed by atoms with E-state index >= 15 is 0 Å². The maximum atomic E-state index is 12.7. The molecule has 0 spiro atoms. The second-order valence-corrected chi connectivity index (χ2v) is 10.5. The highest BCUT2D eigenvalue weighted by Crippen LogP contribution is 2.65. The third-order valence-corrected chi connectivity index (χ3v) is 9.25. The minimum Gasteiger partial charge on any atom is -0.458 e. The molecule has 1 aromatic carbocycles. The Morgan fingerprint density at radius 1 is 1.03 bits per heavy atom. The van der Waals surface area contributed by atoms with Gasteiger partial charge < -0.3 is 9.84 Å². The van der Waals surface area contributed by atoms with Gasteiger partial charge in [-0.3, -0.25) is 0 Å². The summed E-state index contributed by atoms with van der Waals surface area (Å²) in [5.41, 5.74) is 2.54. The Morgan fingerprint density at radius 3 is 2.62 bits per heavy atom. The Labute approximate surface area is 174 Å². The number of allylic oxidation sites excluding steroid dienone is 1. The van der Waals surface area contributed by atoms with E-state index in [1.807, 2.05) is 30.3 Å². The highest BCUT2D eigenvalue weighted by atomic mass is 16.5. The molecule has 0 saturated heterocycles. The van der Waals surface area contributed by atoms with Crippen LogP contribution in [0.15, 0.2) is 42.0 Å². The van der Waals surface area contributed by atoms with Crippen LogP contribution in [0.1, 0.15) is 75.6 Å². The average Bonchev–Trinajstić information content (AvgIpc) is 3.05. The number of aliphatic hydroxyl groups excluding tert-OH is 1. The van der Waals surface area contributed by atoms with Crippen molar-refractivity contribution in [2.45, 2.75) is 77.4 Å². The van der Waals surface area contributed by atoms with Gasteiger partial charge in [0.2, 0.25) is 0 Å². The number of fused-ring (bicyclic) bond motifs is 5. The molecule has 4 aliphatic carbocycles. The largest absolute Gasteiger partial charge is 0.458 e. The van der Waals surface area contributed by atoms with E-state index in [2.05, 4.69) is 19.9 Å². The summed E-state index contributed by atoms with van der Waals surface area (Å²) in [5.74, 6) is 1.88. The smallest absolute Gasteiger partial charge is 0.338 e. The minimum atomic E-state index is -0.168. The quantitative estimate of drug-likeness (QED) is 0.529. The molecule has 3 fully saturated rings. The summed E-state index contributed by atoms with van der Waals surface area (Å²) in [5, 5.41) is 10.2. The predicted octanol–water partition coefficient (Wildman–Crippen LogP) is 5.54. The standard InChI is InChI=1S/C26H34O3/c1-25-14-12-19(27)16-18(25)8-9-20-21-10-11-23(26(21,2)15-13-22(20)25)29-24(28)17-6-4-3-5-7-17/h3-8,19-23,27H,9-16H2,1-2H3/t19-,20-,21+,22-,23-,25+,26+/m1/s1. The molecule has 29 heavy (non-hydrogen) atoms. The van der Waals surface area contributed by atoms with Crippen LogP contribution in [-0.2, 0) is 4.74 Å². The normalized spacial score (nSPS) is 43.6. The van der Waals surface area contributed by atoms with E-state index in [4.69, 9.17) is 4.74 Å². The first-order valence-electron chi connectivity index (χ1n) is 11.6. The number of carbonyl (C=O) groups is 1. The fourth-order valence-electron chi connectivity index (χ4n) is 7.56. The van der Waals surface area contributed by atoms with Gasteiger partial charge in [-0.05, 0) is 86.7 Å². The molecule has 1 aromatic rings. The van der Waals surface area contributed by atoms with Crippen molar-refractivity contribution in [1.82, 2.24) is 0 Å². The summed E-state index contributed by atoms with van der Waals surface area (Å²) < 4.78 is 6.11. The molecule has 0 amide bonds. The zero-order valence-electron chi connectivity index (χ0n) is 17.8. The van der Waals surface area contributed by atoms with Crippen molar-refractivity contribution in [2.75, 3.05) is 0 Å². The van der Waals surface area contributed by atoms with Gasteiger partial charge in [-0.1, -0.05) is 43.7 Å². The van der Waals surface area contributed by atoms with Crippen LogP contribution in [0.3, 0.4) is 0 Å². The van der Waals surface area contributed by atoms with Crippen LogP contribution >= 0.6 is 0 Å². The molecule has 7 atom stereocenters. The number of benzene rings is 1. The van der Waals surface area contributed by atoms with Crippen molar-refractivity contribution in [2.24, 2.45) is 28.6 Å². The Kier molecular flexibility index (Phi) is 4.66. The monoisotopic (exact) mass is 394 g/mol. The van der Waals surface area contributed by atoms with Crippen LogP contribution in [-0.4, -0.2) is 23.3 Å². The molecule has 3 saturated carbocycles. The molecule has 0 unspecified atom stereocenters. The molecule has 0 heterocycles. The molecule has 1 N–H and O–H groups in total. The Morgan fingerprint density at radius 2 is 1.83 bits per heavy atom. The lowest BCUT2D eigenvalue weighted by atomic mass is 9.48. The second kappa shape index (κ2) is 6.97. The lowest BCUT2D eigenvalue weighted by Crippen LogP contribution is -2.51. The van der Waals surface area contributed by atoms with Gasteiger partial charge >= 0.3 is 5.97 Å². The lowest BCUT2D eigenvalue weighted by Gasteiger charge is -2.57. The minimum absolute atomic E-state index is 0.0347. The Balaban J connectivity index is 1.36. The Bertz CT molecular complexity index is 815. The van der Waals surface area contributed by atoms with Crippen LogP contribution in [0.5, 0.6) is 0 Å². The van der Waals surface area contributed by atoms with E-state index < -0.39 is 0 Å². The molecular weight excluding hydrogens is 360 g/mol. The van der Waals surface area contributed by atoms with Crippen molar-refractivity contribution < 1.29 is 14.6 Å². The van der Waals surface area contributed by atoms with Crippen molar-refractivity contribution in [3.8, 4) is 0 Å². The first kappa shape index (κ1) is 19.4. The van der Waals surface area contributed by atoms with E-state index in [0.29, 0.717) is 17.4 Å². The van der Waals surface area contributed by atoms with Gasteiger partial charge in [-0.2, -0.15) is 0 Å².